The van der Waals surface area contributed by atoms with Crippen LogP contribution in [-0.4, -0.2) is 29.5 Å². The van der Waals surface area contributed by atoms with E-state index in [0.29, 0.717) is 23.9 Å². The third-order valence-corrected chi connectivity index (χ3v) is 3.03. The third kappa shape index (κ3) is 2.56. The predicted molar refractivity (Wildman–Crippen MR) is 73.9 cm³/mol. The summed E-state index contributed by atoms with van der Waals surface area (Å²) >= 11 is 0. The van der Waals surface area contributed by atoms with Crippen LogP contribution < -0.4 is 10.1 Å². The van der Waals surface area contributed by atoms with E-state index in [-0.39, 0.29) is 17.3 Å². The molecule has 0 radical (unpaired) electrons. The number of carbonyl (C=O) groups excluding carboxylic acids is 1. The van der Waals surface area contributed by atoms with Gasteiger partial charge in [0.1, 0.15) is 0 Å². The molecule has 0 fully saturated rings. The van der Waals surface area contributed by atoms with E-state index in [1.807, 2.05) is 0 Å². The SMILES string of the molecule is COc1ccc2[nH]cc(CCNC(C)=O)c2c1[N+](=O)[O-]. The minimum atomic E-state index is -0.448. The molecule has 0 unspecified atom stereocenters. The summed E-state index contributed by atoms with van der Waals surface area (Å²) in [5.74, 6) is 0.0970. The van der Waals surface area contributed by atoms with Crippen molar-refractivity contribution in [3.05, 3.63) is 34.0 Å². The highest BCUT2D eigenvalue weighted by Gasteiger charge is 2.22. The molecule has 1 aromatic heterocycles. The van der Waals surface area contributed by atoms with Gasteiger partial charge in [0.25, 0.3) is 0 Å². The van der Waals surface area contributed by atoms with E-state index >= 15 is 0 Å². The van der Waals surface area contributed by atoms with Gasteiger partial charge in [0.05, 0.1) is 22.9 Å². The maximum absolute atomic E-state index is 11.3. The van der Waals surface area contributed by atoms with Gasteiger partial charge in [-0.1, -0.05) is 0 Å². The average molecular weight is 277 g/mol. The van der Waals surface area contributed by atoms with Crippen molar-refractivity contribution in [2.45, 2.75) is 13.3 Å². The number of ether oxygens (including phenoxy) is 1. The molecule has 1 heterocycles. The number of aromatic nitrogens is 1. The van der Waals surface area contributed by atoms with Gasteiger partial charge in [-0.2, -0.15) is 0 Å². The number of hydrogen-bond acceptors (Lipinski definition) is 4. The average Bonchev–Trinajstić information content (AvgIpc) is 2.80. The van der Waals surface area contributed by atoms with Crippen LogP contribution in [0.5, 0.6) is 5.75 Å². The molecular weight excluding hydrogens is 262 g/mol. The van der Waals surface area contributed by atoms with Crippen molar-refractivity contribution in [2.75, 3.05) is 13.7 Å². The van der Waals surface area contributed by atoms with Gasteiger partial charge in [0.2, 0.25) is 5.91 Å². The summed E-state index contributed by atoms with van der Waals surface area (Å²) in [6.45, 7) is 1.86. The first kappa shape index (κ1) is 13.9. The van der Waals surface area contributed by atoms with Crippen molar-refractivity contribution in [3.63, 3.8) is 0 Å². The fourth-order valence-corrected chi connectivity index (χ4v) is 2.17. The molecule has 0 spiro atoms. The van der Waals surface area contributed by atoms with Crippen LogP contribution in [0.3, 0.4) is 0 Å². The van der Waals surface area contributed by atoms with Crippen LogP contribution in [-0.2, 0) is 11.2 Å². The highest BCUT2D eigenvalue weighted by Crippen LogP contribution is 2.37. The molecule has 7 heteroatoms. The molecule has 1 amide bonds. The second-order valence-electron chi connectivity index (χ2n) is 4.34. The molecule has 2 N–H and O–H groups in total. The number of carbonyl (C=O) groups is 1. The van der Waals surface area contributed by atoms with Crippen molar-refractivity contribution in [3.8, 4) is 5.75 Å². The number of rotatable bonds is 5. The molecule has 106 valence electrons. The summed E-state index contributed by atoms with van der Waals surface area (Å²) in [6.07, 6.45) is 2.23. The maximum Gasteiger partial charge on any atom is 0.320 e. The van der Waals surface area contributed by atoms with Crippen molar-refractivity contribution in [1.29, 1.82) is 0 Å². The van der Waals surface area contributed by atoms with Crippen LogP contribution in [0.25, 0.3) is 10.9 Å². The zero-order valence-corrected chi connectivity index (χ0v) is 11.2. The van der Waals surface area contributed by atoms with Gasteiger partial charge in [-0.25, -0.2) is 0 Å². The highest BCUT2D eigenvalue weighted by atomic mass is 16.6. The van der Waals surface area contributed by atoms with Crippen molar-refractivity contribution >= 4 is 22.5 Å². The Labute approximate surface area is 115 Å². The molecule has 20 heavy (non-hydrogen) atoms. The Balaban J connectivity index is 2.45. The van der Waals surface area contributed by atoms with Crippen LogP contribution in [0.15, 0.2) is 18.3 Å². The van der Waals surface area contributed by atoms with Crippen molar-refractivity contribution in [1.82, 2.24) is 10.3 Å². The molecule has 0 bridgehead atoms. The molecule has 0 aliphatic heterocycles. The number of hydrogen-bond donors (Lipinski definition) is 2. The van der Waals surface area contributed by atoms with Gasteiger partial charge in [-0.15, -0.1) is 0 Å². The van der Waals surface area contributed by atoms with Gasteiger partial charge >= 0.3 is 5.69 Å². The van der Waals surface area contributed by atoms with E-state index in [9.17, 15) is 14.9 Å². The van der Waals surface area contributed by atoms with Crippen molar-refractivity contribution < 1.29 is 14.5 Å². The Morgan fingerprint density at radius 3 is 2.85 bits per heavy atom. The Morgan fingerprint density at radius 1 is 1.50 bits per heavy atom. The van der Waals surface area contributed by atoms with Gasteiger partial charge in [-0.05, 0) is 24.1 Å². The van der Waals surface area contributed by atoms with E-state index in [1.165, 1.54) is 14.0 Å². The zero-order chi connectivity index (χ0) is 14.7. The van der Waals surface area contributed by atoms with Crippen molar-refractivity contribution in [2.24, 2.45) is 0 Å². The lowest BCUT2D eigenvalue weighted by Gasteiger charge is -2.05. The number of benzene rings is 1. The van der Waals surface area contributed by atoms with Crippen LogP contribution in [0, 0.1) is 10.1 Å². The minimum Gasteiger partial charge on any atom is -0.490 e. The lowest BCUT2D eigenvalue weighted by molar-refractivity contribution is -0.384. The molecule has 2 rings (SSSR count). The summed E-state index contributed by atoms with van der Waals surface area (Å²) in [4.78, 5) is 24.7. The largest absolute Gasteiger partial charge is 0.490 e. The molecule has 0 aliphatic carbocycles. The Hall–Kier alpha value is -2.57. The lowest BCUT2D eigenvalue weighted by Crippen LogP contribution is -2.22. The molecule has 0 atom stereocenters. The molecule has 0 saturated heterocycles. The Kier molecular flexibility index (Phi) is 3.88. The standard InChI is InChI=1S/C13H15N3O4/c1-8(17)14-6-5-9-7-15-10-3-4-11(20-2)13(12(9)10)16(18)19/h3-4,7,15H,5-6H2,1-2H3,(H,14,17). The first-order valence-electron chi connectivity index (χ1n) is 6.10. The number of H-pyrrole nitrogens is 1. The second-order valence-corrected chi connectivity index (χ2v) is 4.34. The summed E-state index contributed by atoms with van der Waals surface area (Å²) < 4.78 is 5.06. The lowest BCUT2D eigenvalue weighted by atomic mass is 10.1. The normalized spacial score (nSPS) is 10.5. The predicted octanol–water partition coefficient (Wildman–Crippen LogP) is 1.76. The number of fused-ring (bicyclic) bond motifs is 1. The number of amides is 1. The number of aromatic amines is 1. The topological polar surface area (TPSA) is 97.3 Å². The molecule has 2 aromatic rings. The molecule has 0 saturated carbocycles. The van der Waals surface area contributed by atoms with E-state index in [0.717, 1.165) is 5.56 Å². The van der Waals surface area contributed by atoms with Crippen LogP contribution >= 0.6 is 0 Å². The van der Waals surface area contributed by atoms with Crippen LogP contribution in [0.2, 0.25) is 0 Å². The summed E-state index contributed by atoms with van der Waals surface area (Å²) in [5.41, 5.74) is 1.40. The molecule has 1 aromatic carbocycles. The number of nitro groups is 1. The summed E-state index contributed by atoms with van der Waals surface area (Å²) in [7, 11) is 1.40. The van der Waals surface area contributed by atoms with E-state index in [2.05, 4.69) is 10.3 Å². The Morgan fingerprint density at radius 2 is 2.25 bits per heavy atom. The minimum absolute atomic E-state index is 0.0518. The Bertz CT molecular complexity index is 663. The molecule has 7 nitrogen and oxygen atoms in total. The third-order valence-electron chi connectivity index (χ3n) is 3.03. The van der Waals surface area contributed by atoms with Crippen LogP contribution in [0.4, 0.5) is 5.69 Å². The maximum atomic E-state index is 11.3. The van der Waals surface area contributed by atoms with E-state index < -0.39 is 4.92 Å². The van der Waals surface area contributed by atoms with Gasteiger partial charge in [0, 0.05) is 19.7 Å². The van der Waals surface area contributed by atoms with Gasteiger partial charge < -0.3 is 15.0 Å². The first-order valence-corrected chi connectivity index (χ1v) is 6.10. The fourth-order valence-electron chi connectivity index (χ4n) is 2.17. The number of methoxy groups -OCH3 is 1. The quantitative estimate of drug-likeness (QED) is 0.642. The van der Waals surface area contributed by atoms with Gasteiger partial charge in [-0.3, -0.25) is 14.9 Å². The fraction of sp³-hybridized carbons (Fsp3) is 0.308. The summed E-state index contributed by atoms with van der Waals surface area (Å²) in [6, 6.07) is 3.30. The number of nitrogens with one attached hydrogen (secondary N) is 2. The smallest absolute Gasteiger partial charge is 0.320 e. The van der Waals surface area contributed by atoms with Crippen LogP contribution in [0.1, 0.15) is 12.5 Å². The molecule has 0 aliphatic rings. The number of nitro benzene ring substituents is 1. The highest BCUT2D eigenvalue weighted by molar-refractivity contribution is 5.94. The first-order chi connectivity index (χ1) is 9.54. The van der Waals surface area contributed by atoms with E-state index in [4.69, 9.17) is 4.74 Å². The van der Waals surface area contributed by atoms with E-state index in [1.54, 1.807) is 18.3 Å². The zero-order valence-electron chi connectivity index (χ0n) is 11.2. The second kappa shape index (κ2) is 5.60. The molecular formula is C13H15N3O4. The summed E-state index contributed by atoms with van der Waals surface area (Å²) in [5, 5.41) is 14.5. The monoisotopic (exact) mass is 277 g/mol. The van der Waals surface area contributed by atoms with Gasteiger partial charge in [0.15, 0.2) is 5.75 Å². The number of nitrogens with zero attached hydrogens (tertiary/aromatic N) is 1.